The van der Waals surface area contributed by atoms with Gasteiger partial charge in [0.1, 0.15) is 5.69 Å². The Kier molecular flexibility index (Phi) is 3.48. The summed E-state index contributed by atoms with van der Waals surface area (Å²) in [4.78, 5) is 12.3. The van der Waals surface area contributed by atoms with E-state index in [9.17, 15) is 4.79 Å². The molecular formula is C16H18N4O. The molecule has 3 aromatic rings. The molecule has 3 heterocycles. The third-order valence-electron chi connectivity index (χ3n) is 3.43. The minimum absolute atomic E-state index is 0.0391. The first-order valence-electron chi connectivity index (χ1n) is 7.09. The van der Waals surface area contributed by atoms with Crippen LogP contribution >= 0.6 is 0 Å². The van der Waals surface area contributed by atoms with Gasteiger partial charge in [0.2, 0.25) is 0 Å². The van der Waals surface area contributed by atoms with Crippen molar-refractivity contribution in [2.24, 2.45) is 7.05 Å². The van der Waals surface area contributed by atoms with Crippen LogP contribution in [0, 0.1) is 0 Å². The van der Waals surface area contributed by atoms with Crippen LogP contribution in [-0.4, -0.2) is 26.6 Å². The van der Waals surface area contributed by atoms with Crippen molar-refractivity contribution in [2.75, 3.05) is 6.54 Å². The van der Waals surface area contributed by atoms with Gasteiger partial charge in [0.25, 0.3) is 5.91 Å². The summed E-state index contributed by atoms with van der Waals surface area (Å²) < 4.78 is 3.76. The molecule has 0 bridgehead atoms. The van der Waals surface area contributed by atoms with Crippen LogP contribution in [0.25, 0.3) is 16.9 Å². The normalized spacial score (nSPS) is 11.0. The van der Waals surface area contributed by atoms with E-state index in [0.29, 0.717) is 12.1 Å². The molecule has 0 aliphatic rings. The quantitative estimate of drug-likeness (QED) is 0.799. The highest BCUT2D eigenvalue weighted by Crippen LogP contribution is 2.24. The molecule has 0 unspecified atom stereocenters. The van der Waals surface area contributed by atoms with Crippen LogP contribution < -0.4 is 5.32 Å². The summed E-state index contributed by atoms with van der Waals surface area (Å²) in [5.74, 6) is -0.0391. The molecule has 0 radical (unpaired) electrons. The summed E-state index contributed by atoms with van der Waals surface area (Å²) in [6.07, 6.45) is 4.77. The monoisotopic (exact) mass is 282 g/mol. The lowest BCUT2D eigenvalue weighted by molar-refractivity contribution is 0.0955. The minimum atomic E-state index is -0.0391. The zero-order chi connectivity index (χ0) is 14.8. The van der Waals surface area contributed by atoms with E-state index in [1.54, 1.807) is 4.68 Å². The van der Waals surface area contributed by atoms with Gasteiger partial charge in [-0.15, -0.1) is 0 Å². The Bertz CT molecular complexity index is 785. The van der Waals surface area contributed by atoms with E-state index in [0.717, 1.165) is 23.3 Å². The van der Waals surface area contributed by atoms with Crippen LogP contribution in [0.2, 0.25) is 0 Å². The van der Waals surface area contributed by atoms with Crippen LogP contribution in [0.1, 0.15) is 23.7 Å². The van der Waals surface area contributed by atoms with E-state index in [2.05, 4.69) is 10.4 Å². The molecule has 0 fully saturated rings. The number of hydrogen-bond donors (Lipinski definition) is 1. The third kappa shape index (κ3) is 2.42. The fourth-order valence-electron chi connectivity index (χ4n) is 2.42. The van der Waals surface area contributed by atoms with E-state index < -0.39 is 0 Å². The first kappa shape index (κ1) is 13.4. The van der Waals surface area contributed by atoms with Crippen LogP contribution in [0.5, 0.6) is 0 Å². The average molecular weight is 282 g/mol. The van der Waals surface area contributed by atoms with Crippen molar-refractivity contribution in [3.63, 3.8) is 0 Å². The summed E-state index contributed by atoms with van der Waals surface area (Å²) >= 11 is 0. The summed E-state index contributed by atoms with van der Waals surface area (Å²) in [6, 6.07) is 9.69. The fraction of sp³-hybridized carbons (Fsp3) is 0.250. The standard InChI is InChI=1S/C16H18N4O/c1-3-8-17-16(21)12-11-15(13-7-10-19(2)18-13)20-9-5-4-6-14(12)20/h4-7,9-11H,3,8H2,1-2H3,(H,17,21). The molecule has 0 spiro atoms. The van der Waals surface area contributed by atoms with E-state index in [1.165, 1.54) is 0 Å². The van der Waals surface area contributed by atoms with Gasteiger partial charge in [-0.1, -0.05) is 13.0 Å². The molecule has 108 valence electrons. The highest BCUT2D eigenvalue weighted by Gasteiger charge is 2.16. The molecule has 21 heavy (non-hydrogen) atoms. The summed E-state index contributed by atoms with van der Waals surface area (Å²) in [5, 5.41) is 7.36. The second-order valence-electron chi connectivity index (χ2n) is 5.03. The zero-order valence-corrected chi connectivity index (χ0v) is 12.2. The number of pyridine rings is 1. The predicted molar refractivity (Wildman–Crippen MR) is 82.2 cm³/mol. The first-order chi connectivity index (χ1) is 10.2. The topological polar surface area (TPSA) is 51.3 Å². The molecule has 0 aliphatic carbocycles. The molecule has 1 amide bonds. The van der Waals surface area contributed by atoms with Gasteiger partial charge in [-0.05, 0) is 30.7 Å². The van der Waals surface area contributed by atoms with Crippen molar-refractivity contribution in [3.05, 3.63) is 48.3 Å². The Balaban J connectivity index is 2.12. The van der Waals surface area contributed by atoms with Gasteiger partial charge >= 0.3 is 0 Å². The minimum Gasteiger partial charge on any atom is -0.352 e. The lowest BCUT2D eigenvalue weighted by Crippen LogP contribution is -2.23. The number of amides is 1. The summed E-state index contributed by atoms with van der Waals surface area (Å²) in [7, 11) is 1.88. The fourth-order valence-corrected chi connectivity index (χ4v) is 2.42. The number of hydrogen-bond acceptors (Lipinski definition) is 2. The van der Waals surface area contributed by atoms with Crippen LogP contribution in [-0.2, 0) is 7.05 Å². The SMILES string of the molecule is CCCNC(=O)c1cc(-c2ccn(C)n2)n2ccccc12. The lowest BCUT2D eigenvalue weighted by atomic mass is 10.2. The van der Waals surface area contributed by atoms with Gasteiger partial charge in [-0.3, -0.25) is 9.48 Å². The maximum absolute atomic E-state index is 12.3. The van der Waals surface area contributed by atoms with Crippen LogP contribution in [0.4, 0.5) is 0 Å². The number of aromatic nitrogens is 3. The molecule has 5 nitrogen and oxygen atoms in total. The van der Waals surface area contributed by atoms with Gasteiger partial charge in [0.15, 0.2) is 0 Å². The number of rotatable bonds is 4. The summed E-state index contributed by atoms with van der Waals surface area (Å²) in [6.45, 7) is 2.72. The smallest absolute Gasteiger partial charge is 0.253 e. The first-order valence-corrected chi connectivity index (χ1v) is 7.09. The van der Waals surface area contributed by atoms with Gasteiger partial charge in [0, 0.05) is 26.0 Å². The second-order valence-corrected chi connectivity index (χ2v) is 5.03. The third-order valence-corrected chi connectivity index (χ3v) is 3.43. The van der Waals surface area contributed by atoms with Crippen molar-refractivity contribution in [1.29, 1.82) is 0 Å². The van der Waals surface area contributed by atoms with Crippen molar-refractivity contribution in [1.82, 2.24) is 19.5 Å². The number of carbonyl (C=O) groups is 1. The number of nitrogens with zero attached hydrogens (tertiary/aromatic N) is 3. The summed E-state index contributed by atoms with van der Waals surface area (Å²) in [5.41, 5.74) is 3.36. The van der Waals surface area contributed by atoms with Gasteiger partial charge in [0.05, 0.1) is 16.8 Å². The van der Waals surface area contributed by atoms with Gasteiger partial charge in [-0.25, -0.2) is 0 Å². The van der Waals surface area contributed by atoms with Crippen LogP contribution in [0.3, 0.4) is 0 Å². The number of carbonyl (C=O) groups excluding carboxylic acids is 1. The number of aryl methyl sites for hydroxylation is 1. The Hall–Kier alpha value is -2.56. The van der Waals surface area contributed by atoms with Crippen LogP contribution in [0.15, 0.2) is 42.7 Å². The molecule has 1 N–H and O–H groups in total. The predicted octanol–water partition coefficient (Wildman–Crippen LogP) is 2.48. The van der Waals surface area contributed by atoms with E-state index in [1.807, 2.05) is 61.1 Å². The van der Waals surface area contributed by atoms with E-state index >= 15 is 0 Å². The highest BCUT2D eigenvalue weighted by atomic mass is 16.1. The maximum atomic E-state index is 12.3. The molecular weight excluding hydrogens is 264 g/mol. The molecule has 3 rings (SSSR count). The van der Waals surface area contributed by atoms with Crippen molar-refractivity contribution >= 4 is 11.4 Å². The Morgan fingerprint density at radius 2 is 2.14 bits per heavy atom. The lowest BCUT2D eigenvalue weighted by Gasteiger charge is -2.02. The maximum Gasteiger partial charge on any atom is 0.253 e. The molecule has 0 aromatic carbocycles. The molecule has 0 saturated carbocycles. The Morgan fingerprint density at radius 1 is 1.29 bits per heavy atom. The van der Waals surface area contributed by atoms with E-state index in [4.69, 9.17) is 0 Å². The highest BCUT2D eigenvalue weighted by molar-refractivity contribution is 6.02. The van der Waals surface area contributed by atoms with Gasteiger partial charge < -0.3 is 9.72 Å². The van der Waals surface area contributed by atoms with Crippen molar-refractivity contribution < 1.29 is 4.79 Å². The molecule has 0 atom stereocenters. The van der Waals surface area contributed by atoms with E-state index in [-0.39, 0.29) is 5.91 Å². The van der Waals surface area contributed by atoms with Crippen molar-refractivity contribution in [3.8, 4) is 11.4 Å². The molecule has 5 heteroatoms. The number of nitrogens with one attached hydrogen (secondary N) is 1. The molecule has 0 aliphatic heterocycles. The average Bonchev–Trinajstić information content (AvgIpc) is 3.08. The Labute approximate surface area is 123 Å². The Morgan fingerprint density at radius 3 is 2.86 bits per heavy atom. The molecule has 3 aromatic heterocycles. The number of fused-ring (bicyclic) bond motifs is 1. The second kappa shape index (κ2) is 5.44. The van der Waals surface area contributed by atoms with Crippen molar-refractivity contribution in [2.45, 2.75) is 13.3 Å². The zero-order valence-electron chi connectivity index (χ0n) is 12.2. The molecule has 0 saturated heterocycles. The largest absolute Gasteiger partial charge is 0.352 e. The van der Waals surface area contributed by atoms with Gasteiger partial charge in [-0.2, -0.15) is 5.10 Å².